The van der Waals surface area contributed by atoms with Gasteiger partial charge in [0.05, 0.1) is 12.7 Å². The molecule has 1 saturated heterocycles. The highest BCUT2D eigenvalue weighted by Gasteiger charge is 2.21. The molecule has 0 radical (unpaired) electrons. The number of hydrogen-bond donors (Lipinski definition) is 2. The second kappa shape index (κ2) is 3.98. The van der Waals surface area contributed by atoms with Gasteiger partial charge in [0.1, 0.15) is 5.75 Å². The number of hydrogen-bond acceptors (Lipinski definition) is 3. The second-order valence-electron chi connectivity index (χ2n) is 3.69. The minimum absolute atomic E-state index is 0.0209. The summed E-state index contributed by atoms with van der Waals surface area (Å²) in [6.45, 7) is 3.54. The molecule has 0 spiro atoms. The Bertz CT molecular complexity index is 306. The SMILES string of the molecule is CC1COC(c2ccccc2O)CN1. The zero-order valence-electron chi connectivity index (χ0n) is 8.23. The van der Waals surface area contributed by atoms with E-state index in [2.05, 4.69) is 12.2 Å². The fourth-order valence-electron chi connectivity index (χ4n) is 1.65. The number of rotatable bonds is 1. The smallest absolute Gasteiger partial charge is 0.121 e. The van der Waals surface area contributed by atoms with Crippen LogP contribution in [0.3, 0.4) is 0 Å². The maximum Gasteiger partial charge on any atom is 0.121 e. The van der Waals surface area contributed by atoms with Crippen molar-refractivity contribution in [3.63, 3.8) is 0 Å². The van der Waals surface area contributed by atoms with Crippen molar-refractivity contribution in [2.45, 2.75) is 19.1 Å². The molecule has 1 aliphatic rings. The van der Waals surface area contributed by atoms with E-state index in [1.807, 2.05) is 18.2 Å². The van der Waals surface area contributed by atoms with Crippen LogP contribution < -0.4 is 5.32 Å². The first-order chi connectivity index (χ1) is 6.77. The number of benzene rings is 1. The molecular weight excluding hydrogens is 178 g/mol. The molecular formula is C11H15NO2. The van der Waals surface area contributed by atoms with Gasteiger partial charge in [-0.1, -0.05) is 18.2 Å². The number of phenolic OH excluding ortho intramolecular Hbond substituents is 1. The Morgan fingerprint density at radius 3 is 2.86 bits per heavy atom. The number of nitrogens with one attached hydrogen (secondary N) is 1. The molecule has 0 aliphatic carbocycles. The molecule has 2 N–H and O–H groups in total. The van der Waals surface area contributed by atoms with Gasteiger partial charge in [-0.2, -0.15) is 0 Å². The molecule has 76 valence electrons. The van der Waals surface area contributed by atoms with Gasteiger partial charge in [-0.05, 0) is 13.0 Å². The number of aromatic hydroxyl groups is 1. The fraction of sp³-hybridized carbons (Fsp3) is 0.455. The predicted octanol–water partition coefficient (Wildman–Crippen LogP) is 1.44. The van der Waals surface area contributed by atoms with Crippen molar-refractivity contribution < 1.29 is 9.84 Å². The molecule has 2 atom stereocenters. The van der Waals surface area contributed by atoms with E-state index in [9.17, 15) is 5.11 Å². The van der Waals surface area contributed by atoms with E-state index in [0.717, 1.165) is 12.1 Å². The number of morpholine rings is 1. The van der Waals surface area contributed by atoms with Gasteiger partial charge in [0.2, 0.25) is 0 Å². The molecule has 2 rings (SSSR count). The molecule has 3 heteroatoms. The number of ether oxygens (including phenoxy) is 1. The summed E-state index contributed by atoms with van der Waals surface area (Å²) in [5, 5.41) is 12.9. The summed E-state index contributed by atoms with van der Waals surface area (Å²) >= 11 is 0. The van der Waals surface area contributed by atoms with Gasteiger partial charge in [0.15, 0.2) is 0 Å². The zero-order valence-corrected chi connectivity index (χ0v) is 8.23. The Hall–Kier alpha value is -1.06. The molecule has 1 aliphatic heterocycles. The van der Waals surface area contributed by atoms with Crippen molar-refractivity contribution in [3.05, 3.63) is 29.8 Å². The van der Waals surface area contributed by atoms with E-state index in [1.54, 1.807) is 6.07 Å². The first kappa shape index (κ1) is 9.49. The van der Waals surface area contributed by atoms with Crippen LogP contribution in [0, 0.1) is 0 Å². The monoisotopic (exact) mass is 193 g/mol. The van der Waals surface area contributed by atoms with E-state index in [1.165, 1.54) is 0 Å². The van der Waals surface area contributed by atoms with Crippen LogP contribution in [0.4, 0.5) is 0 Å². The van der Waals surface area contributed by atoms with Crippen LogP contribution in [0.25, 0.3) is 0 Å². The second-order valence-corrected chi connectivity index (χ2v) is 3.69. The maximum atomic E-state index is 9.62. The van der Waals surface area contributed by atoms with Gasteiger partial charge in [0.25, 0.3) is 0 Å². The Kier molecular flexibility index (Phi) is 2.70. The largest absolute Gasteiger partial charge is 0.508 e. The third-order valence-electron chi connectivity index (χ3n) is 2.48. The fourth-order valence-corrected chi connectivity index (χ4v) is 1.65. The van der Waals surface area contributed by atoms with Crippen molar-refractivity contribution in [2.75, 3.05) is 13.2 Å². The lowest BCUT2D eigenvalue weighted by Gasteiger charge is -2.28. The predicted molar refractivity (Wildman–Crippen MR) is 54.3 cm³/mol. The van der Waals surface area contributed by atoms with Gasteiger partial charge in [-0.3, -0.25) is 0 Å². The first-order valence-electron chi connectivity index (χ1n) is 4.90. The van der Waals surface area contributed by atoms with E-state index >= 15 is 0 Å². The molecule has 14 heavy (non-hydrogen) atoms. The molecule has 1 heterocycles. The van der Waals surface area contributed by atoms with Crippen LogP contribution in [0.1, 0.15) is 18.6 Å². The summed E-state index contributed by atoms with van der Waals surface area (Å²) in [5.74, 6) is 0.314. The summed E-state index contributed by atoms with van der Waals surface area (Å²) < 4.78 is 5.63. The normalized spacial score (nSPS) is 27.5. The van der Waals surface area contributed by atoms with Gasteiger partial charge in [0, 0.05) is 18.2 Å². The van der Waals surface area contributed by atoms with E-state index in [4.69, 9.17) is 4.74 Å². The van der Waals surface area contributed by atoms with Gasteiger partial charge < -0.3 is 15.2 Å². The molecule has 0 amide bonds. The average Bonchev–Trinajstić information content (AvgIpc) is 2.20. The van der Waals surface area contributed by atoms with E-state index in [-0.39, 0.29) is 6.10 Å². The molecule has 1 aromatic rings. The highest BCUT2D eigenvalue weighted by molar-refractivity contribution is 5.34. The minimum Gasteiger partial charge on any atom is -0.508 e. The zero-order chi connectivity index (χ0) is 9.97. The molecule has 1 aromatic carbocycles. The first-order valence-corrected chi connectivity index (χ1v) is 4.90. The maximum absolute atomic E-state index is 9.62. The third-order valence-corrected chi connectivity index (χ3v) is 2.48. The topological polar surface area (TPSA) is 41.5 Å². The van der Waals surface area contributed by atoms with E-state index in [0.29, 0.717) is 18.4 Å². The van der Waals surface area contributed by atoms with Gasteiger partial charge in [-0.15, -0.1) is 0 Å². The molecule has 0 bridgehead atoms. The van der Waals surface area contributed by atoms with Crippen LogP contribution in [0.15, 0.2) is 24.3 Å². The van der Waals surface area contributed by atoms with Crippen molar-refractivity contribution in [1.82, 2.24) is 5.32 Å². The Morgan fingerprint density at radius 2 is 2.21 bits per heavy atom. The Morgan fingerprint density at radius 1 is 1.43 bits per heavy atom. The van der Waals surface area contributed by atoms with Crippen LogP contribution in [0.5, 0.6) is 5.75 Å². The van der Waals surface area contributed by atoms with Crippen LogP contribution in [-0.4, -0.2) is 24.3 Å². The van der Waals surface area contributed by atoms with Crippen molar-refractivity contribution in [1.29, 1.82) is 0 Å². The lowest BCUT2D eigenvalue weighted by molar-refractivity contribution is 0.00576. The van der Waals surface area contributed by atoms with Crippen molar-refractivity contribution in [3.8, 4) is 5.75 Å². The molecule has 2 unspecified atom stereocenters. The highest BCUT2D eigenvalue weighted by atomic mass is 16.5. The number of phenols is 1. The van der Waals surface area contributed by atoms with Crippen LogP contribution >= 0.6 is 0 Å². The Labute approximate surface area is 83.7 Å². The van der Waals surface area contributed by atoms with Crippen molar-refractivity contribution >= 4 is 0 Å². The quantitative estimate of drug-likeness (QED) is 0.709. The van der Waals surface area contributed by atoms with Crippen LogP contribution in [-0.2, 0) is 4.74 Å². The van der Waals surface area contributed by atoms with Crippen molar-refractivity contribution in [2.24, 2.45) is 0 Å². The Balaban J connectivity index is 2.12. The summed E-state index contributed by atoms with van der Waals surface area (Å²) in [6, 6.07) is 7.72. The molecule has 3 nitrogen and oxygen atoms in total. The van der Waals surface area contributed by atoms with Gasteiger partial charge in [-0.25, -0.2) is 0 Å². The molecule has 0 saturated carbocycles. The molecule has 0 aromatic heterocycles. The number of para-hydroxylation sites is 1. The molecule has 1 fully saturated rings. The van der Waals surface area contributed by atoms with Crippen LogP contribution in [0.2, 0.25) is 0 Å². The average molecular weight is 193 g/mol. The lowest BCUT2D eigenvalue weighted by atomic mass is 10.1. The highest BCUT2D eigenvalue weighted by Crippen LogP contribution is 2.27. The minimum atomic E-state index is -0.0209. The summed E-state index contributed by atoms with van der Waals surface area (Å²) in [4.78, 5) is 0. The lowest BCUT2D eigenvalue weighted by Crippen LogP contribution is -2.40. The summed E-state index contributed by atoms with van der Waals surface area (Å²) in [6.07, 6.45) is -0.0209. The standard InChI is InChI=1S/C11H15NO2/c1-8-7-14-11(6-12-8)9-4-2-3-5-10(9)13/h2-5,8,11-13H,6-7H2,1H3. The third kappa shape index (κ3) is 1.89. The summed E-state index contributed by atoms with van der Waals surface area (Å²) in [5.41, 5.74) is 0.868. The summed E-state index contributed by atoms with van der Waals surface area (Å²) in [7, 11) is 0. The van der Waals surface area contributed by atoms with Gasteiger partial charge >= 0.3 is 0 Å². The van der Waals surface area contributed by atoms with E-state index < -0.39 is 0 Å².